The lowest BCUT2D eigenvalue weighted by Crippen LogP contribution is -2.53. The Morgan fingerprint density at radius 1 is 1.27 bits per heavy atom. The number of rotatable bonds is 5. The molecule has 5 atom stereocenters. The summed E-state index contributed by atoms with van der Waals surface area (Å²) in [5.74, 6) is -0.105. The fraction of sp³-hybridized carbons (Fsp3) is 0.615. The maximum absolute atomic E-state index is 13.5. The Morgan fingerprint density at radius 3 is 2.58 bits per heavy atom. The molecule has 176 valence electrons. The van der Waals surface area contributed by atoms with E-state index < -0.39 is 17.5 Å². The number of carbonyl (C=O) groups is 3. The molecule has 7 nitrogen and oxygen atoms in total. The molecule has 0 radical (unpaired) electrons. The molecule has 7 heteroatoms. The molecule has 0 bridgehead atoms. The largest absolute Gasteiger partial charge is 0.339 e. The van der Waals surface area contributed by atoms with Crippen molar-refractivity contribution in [2.75, 3.05) is 11.9 Å². The van der Waals surface area contributed by atoms with Gasteiger partial charge in [-0.1, -0.05) is 52.8 Å². The minimum Gasteiger partial charge on any atom is -0.339 e. The first-order valence-electron chi connectivity index (χ1n) is 11.7. The van der Waals surface area contributed by atoms with Crippen molar-refractivity contribution in [2.24, 2.45) is 22.7 Å². The summed E-state index contributed by atoms with van der Waals surface area (Å²) in [6, 6.07) is 8.19. The average molecular weight is 451 g/mol. The maximum atomic E-state index is 13.5. The summed E-state index contributed by atoms with van der Waals surface area (Å²) in [6.07, 6.45) is 0.533. The van der Waals surface area contributed by atoms with Crippen LogP contribution < -0.4 is 10.6 Å². The highest BCUT2D eigenvalue weighted by atomic mass is 16.2. The van der Waals surface area contributed by atoms with Crippen LogP contribution in [0.15, 0.2) is 24.3 Å². The van der Waals surface area contributed by atoms with Crippen LogP contribution in [-0.4, -0.2) is 41.2 Å². The molecule has 2 heterocycles. The highest BCUT2D eigenvalue weighted by Crippen LogP contribution is 2.65. The maximum Gasteiger partial charge on any atom is 0.244 e. The van der Waals surface area contributed by atoms with Gasteiger partial charge in [0, 0.05) is 18.7 Å². The molecule has 1 aromatic rings. The molecule has 0 aromatic heterocycles. The van der Waals surface area contributed by atoms with Gasteiger partial charge < -0.3 is 15.5 Å². The van der Waals surface area contributed by atoms with Crippen LogP contribution in [0.5, 0.6) is 0 Å². The summed E-state index contributed by atoms with van der Waals surface area (Å²) < 4.78 is 0. The van der Waals surface area contributed by atoms with Gasteiger partial charge in [0.15, 0.2) is 0 Å². The van der Waals surface area contributed by atoms with Gasteiger partial charge in [-0.3, -0.25) is 14.4 Å². The molecule has 1 unspecified atom stereocenters. The quantitative estimate of drug-likeness (QED) is 0.719. The van der Waals surface area contributed by atoms with Crippen LogP contribution >= 0.6 is 0 Å². The molecule has 2 fully saturated rings. The Balaban J connectivity index is 1.52. The Bertz CT molecular complexity index is 1050. The smallest absolute Gasteiger partial charge is 0.244 e. The van der Waals surface area contributed by atoms with Crippen molar-refractivity contribution < 1.29 is 14.4 Å². The number of hydrogen-bond acceptors (Lipinski definition) is 4. The molecule has 33 heavy (non-hydrogen) atoms. The number of carbonyl (C=O) groups excluding carboxylic acids is 3. The van der Waals surface area contributed by atoms with E-state index in [1.807, 2.05) is 45.0 Å². The van der Waals surface area contributed by atoms with E-state index in [9.17, 15) is 19.6 Å². The molecule has 2 N–H and O–H groups in total. The number of nitrogens with one attached hydrogen (secondary N) is 2. The molecular weight excluding hydrogens is 416 g/mol. The minimum atomic E-state index is -0.914. The first-order chi connectivity index (χ1) is 15.3. The van der Waals surface area contributed by atoms with Crippen LogP contribution in [0.4, 0.5) is 5.69 Å². The fourth-order valence-electron chi connectivity index (χ4n) is 5.85. The number of anilines is 1. The standard InChI is InChI=1S/C26H34N4O3/c1-24(2,3)12-19(31)30-14-17-20(25(17,4)5)21(30)22(32)28-15(13-27)11-26(6)16-9-7-8-10-18(16)29-23(26)33/h7-10,15,17,20-21H,11-12,14H2,1-6H3,(H,28,32)(H,29,33)/t15-,17-,20?,21-,26-/m0/s1. The van der Waals surface area contributed by atoms with Gasteiger partial charge in [-0.2, -0.15) is 5.26 Å². The first kappa shape index (κ1) is 23.3. The molecule has 1 saturated heterocycles. The number of hydrogen-bond donors (Lipinski definition) is 2. The normalized spacial score (nSPS) is 30.0. The molecule has 1 aromatic carbocycles. The van der Waals surface area contributed by atoms with Gasteiger partial charge in [0.05, 0.1) is 11.5 Å². The molecule has 0 spiro atoms. The lowest BCUT2D eigenvalue weighted by molar-refractivity contribution is -0.142. The zero-order valence-electron chi connectivity index (χ0n) is 20.4. The summed E-state index contributed by atoms with van der Waals surface area (Å²) in [5, 5.41) is 15.6. The second-order valence-electron chi connectivity index (χ2n) is 11.9. The number of fused-ring (bicyclic) bond motifs is 2. The highest BCUT2D eigenvalue weighted by Gasteiger charge is 2.69. The summed E-state index contributed by atoms with van der Waals surface area (Å²) in [7, 11) is 0. The Labute approximate surface area is 195 Å². The molecule has 2 aliphatic heterocycles. The predicted octanol–water partition coefficient (Wildman–Crippen LogP) is 3.21. The third-order valence-corrected chi connectivity index (χ3v) is 7.83. The molecule has 3 aliphatic rings. The van der Waals surface area contributed by atoms with Crippen LogP contribution in [0.25, 0.3) is 0 Å². The van der Waals surface area contributed by atoms with E-state index in [0.717, 1.165) is 11.3 Å². The number of nitrogens with zero attached hydrogens (tertiary/aromatic N) is 2. The number of benzene rings is 1. The number of para-hydroxylation sites is 1. The molecule has 3 amide bonds. The molecule has 1 saturated carbocycles. The molecule has 4 rings (SSSR count). The molecular formula is C26H34N4O3. The van der Waals surface area contributed by atoms with E-state index in [1.54, 1.807) is 11.8 Å². The van der Waals surface area contributed by atoms with Crippen molar-refractivity contribution in [3.05, 3.63) is 29.8 Å². The molecule has 1 aliphatic carbocycles. The fourth-order valence-corrected chi connectivity index (χ4v) is 5.85. The summed E-state index contributed by atoms with van der Waals surface area (Å²) >= 11 is 0. The van der Waals surface area contributed by atoms with E-state index in [4.69, 9.17) is 0 Å². The summed E-state index contributed by atoms with van der Waals surface area (Å²) in [4.78, 5) is 41.0. The SMILES string of the molecule is CC(C)(C)CC(=O)N1C[C@H]2C([C@H]1C(=O)N[C@H](C#N)C[C@]1(C)C(=O)Nc3ccccc31)C2(C)C. The van der Waals surface area contributed by atoms with Crippen LogP contribution in [0, 0.1) is 34.0 Å². The number of piperidine rings is 1. The minimum absolute atomic E-state index is 0.00107. The van der Waals surface area contributed by atoms with Crippen LogP contribution in [0.2, 0.25) is 0 Å². The van der Waals surface area contributed by atoms with Gasteiger partial charge in [-0.15, -0.1) is 0 Å². The Morgan fingerprint density at radius 2 is 1.94 bits per heavy atom. The van der Waals surface area contributed by atoms with Crippen LogP contribution in [0.3, 0.4) is 0 Å². The number of likely N-dealkylation sites (tertiary alicyclic amines) is 1. The zero-order valence-corrected chi connectivity index (χ0v) is 20.4. The Kier molecular flexibility index (Phi) is 5.35. The van der Waals surface area contributed by atoms with Crippen molar-refractivity contribution in [2.45, 2.75) is 71.9 Å². The Hall–Kier alpha value is -2.88. The van der Waals surface area contributed by atoms with E-state index in [-0.39, 0.29) is 40.9 Å². The number of nitriles is 1. The van der Waals surface area contributed by atoms with Gasteiger partial charge >= 0.3 is 0 Å². The second-order valence-corrected chi connectivity index (χ2v) is 11.9. The van der Waals surface area contributed by atoms with Crippen molar-refractivity contribution in [3.8, 4) is 6.07 Å². The van der Waals surface area contributed by atoms with E-state index >= 15 is 0 Å². The zero-order chi connectivity index (χ0) is 24.3. The lowest BCUT2D eigenvalue weighted by atomic mass is 9.78. The number of amides is 3. The predicted molar refractivity (Wildman–Crippen MR) is 125 cm³/mol. The monoisotopic (exact) mass is 450 g/mol. The van der Waals surface area contributed by atoms with Gasteiger partial charge in [0.25, 0.3) is 0 Å². The summed E-state index contributed by atoms with van der Waals surface area (Å²) in [5.41, 5.74) is 0.483. The van der Waals surface area contributed by atoms with Crippen molar-refractivity contribution >= 4 is 23.4 Å². The van der Waals surface area contributed by atoms with Gasteiger partial charge in [0.1, 0.15) is 12.1 Å². The van der Waals surface area contributed by atoms with Crippen molar-refractivity contribution in [1.82, 2.24) is 10.2 Å². The third-order valence-electron chi connectivity index (χ3n) is 7.83. The highest BCUT2D eigenvalue weighted by molar-refractivity contribution is 6.06. The average Bonchev–Trinajstić information content (AvgIpc) is 3.03. The van der Waals surface area contributed by atoms with Gasteiger partial charge in [-0.05, 0) is 47.6 Å². The van der Waals surface area contributed by atoms with Gasteiger partial charge in [0.2, 0.25) is 17.7 Å². The van der Waals surface area contributed by atoms with Crippen molar-refractivity contribution in [1.29, 1.82) is 5.26 Å². The lowest BCUT2D eigenvalue weighted by Gasteiger charge is -2.33. The first-order valence-corrected chi connectivity index (χ1v) is 11.7. The van der Waals surface area contributed by atoms with E-state index in [2.05, 4.69) is 30.6 Å². The van der Waals surface area contributed by atoms with Crippen LogP contribution in [-0.2, 0) is 19.8 Å². The topological polar surface area (TPSA) is 102 Å². The second kappa shape index (κ2) is 7.58. The van der Waals surface area contributed by atoms with E-state index in [0.29, 0.717) is 18.9 Å². The van der Waals surface area contributed by atoms with Crippen molar-refractivity contribution in [3.63, 3.8) is 0 Å². The van der Waals surface area contributed by atoms with Crippen LogP contribution in [0.1, 0.15) is 59.9 Å². The van der Waals surface area contributed by atoms with Gasteiger partial charge in [-0.25, -0.2) is 0 Å². The third kappa shape index (κ3) is 3.90. The summed E-state index contributed by atoms with van der Waals surface area (Å²) in [6.45, 7) is 12.7. The van der Waals surface area contributed by atoms with E-state index in [1.165, 1.54) is 0 Å².